The molecular formula is C38H52FN3O16. The molecule has 20 heteroatoms. The molecule has 1 unspecified atom stereocenters. The number of amides is 1. The van der Waals surface area contributed by atoms with Gasteiger partial charge in [0, 0.05) is 23.2 Å². The van der Waals surface area contributed by atoms with E-state index < -0.39 is 105 Å². The monoisotopic (exact) mass is 825 g/mol. The van der Waals surface area contributed by atoms with Gasteiger partial charge in [-0.1, -0.05) is 25.0 Å². The molecule has 4 aliphatic carbocycles. The van der Waals surface area contributed by atoms with Gasteiger partial charge in [-0.25, -0.2) is 9.18 Å². The predicted molar refractivity (Wildman–Crippen MR) is 194 cm³/mol. The molecule has 0 radical (unpaired) electrons. The summed E-state index contributed by atoms with van der Waals surface area (Å²) in [7, 11) is 0. The van der Waals surface area contributed by atoms with E-state index in [1.807, 2.05) is 0 Å². The van der Waals surface area contributed by atoms with E-state index in [0.717, 1.165) is 0 Å². The Morgan fingerprint density at radius 2 is 1.64 bits per heavy atom. The van der Waals surface area contributed by atoms with E-state index in [0.29, 0.717) is 31.3 Å². The van der Waals surface area contributed by atoms with Crippen LogP contribution in [0.25, 0.3) is 0 Å². The van der Waals surface area contributed by atoms with Crippen molar-refractivity contribution in [3.63, 3.8) is 0 Å². The van der Waals surface area contributed by atoms with Crippen LogP contribution in [0.4, 0.5) is 4.39 Å². The van der Waals surface area contributed by atoms with Gasteiger partial charge in [-0.3, -0.25) is 19.2 Å². The van der Waals surface area contributed by atoms with Crippen molar-refractivity contribution in [2.45, 2.75) is 134 Å². The molecule has 58 heavy (non-hydrogen) atoms. The second kappa shape index (κ2) is 17.3. The summed E-state index contributed by atoms with van der Waals surface area (Å²) in [5.41, 5.74) is -5.79. The summed E-state index contributed by atoms with van der Waals surface area (Å²) in [5, 5.41) is 33.0. The standard InChI is InChI=1S/C38H52FN3O16/c1-34(2)57-30-19-26-25-12-11-23-18-24(43)13-14-35(23,3)37(25,39)28(44)21-36(26,4)38(30,58-34)29(45)22-54-32(47)20-27(33(48)53-15-8-9-17-56-42(51)52)40-31(46)10-6-5-7-16-55-41(49)50/h13-14,18,25-28,30,44H,5-12,15-17,19-22H2,1-4H3,(H,40,46)/t25-,26-,27?,28-,30+,35-,36-,37-,38+/m0/s1. The highest BCUT2D eigenvalue weighted by molar-refractivity contribution is 6.01. The van der Waals surface area contributed by atoms with Crippen molar-refractivity contribution in [1.82, 2.24) is 5.32 Å². The molecule has 1 heterocycles. The maximum Gasteiger partial charge on any atom is 0.329 e. The molecule has 322 valence electrons. The van der Waals surface area contributed by atoms with Gasteiger partial charge in [-0.15, -0.1) is 20.2 Å². The minimum atomic E-state index is -2.17. The first-order valence-electron chi connectivity index (χ1n) is 19.6. The van der Waals surface area contributed by atoms with Crippen LogP contribution in [0.5, 0.6) is 0 Å². The molecule has 9 atom stereocenters. The number of allylic oxidation sites excluding steroid dienone is 4. The molecule has 0 aromatic carbocycles. The van der Waals surface area contributed by atoms with Crippen molar-refractivity contribution in [3.8, 4) is 0 Å². The van der Waals surface area contributed by atoms with Crippen LogP contribution in [-0.2, 0) is 52.6 Å². The number of fused-ring (bicyclic) bond motifs is 7. The van der Waals surface area contributed by atoms with Crippen LogP contribution in [0.15, 0.2) is 23.8 Å². The van der Waals surface area contributed by atoms with Gasteiger partial charge in [0.2, 0.25) is 11.7 Å². The van der Waals surface area contributed by atoms with Gasteiger partial charge < -0.3 is 39.0 Å². The Labute approximate surface area is 333 Å². The molecule has 0 aromatic rings. The van der Waals surface area contributed by atoms with Crippen molar-refractivity contribution < 1.29 is 72.3 Å². The zero-order chi connectivity index (χ0) is 42.7. The molecule has 0 spiro atoms. The molecule has 19 nitrogen and oxygen atoms in total. The first kappa shape index (κ1) is 44.5. The van der Waals surface area contributed by atoms with Crippen LogP contribution >= 0.6 is 0 Å². The summed E-state index contributed by atoms with van der Waals surface area (Å²) in [6.07, 6.45) is 2.98. The normalized spacial score (nSPS) is 33.3. The molecule has 3 saturated carbocycles. The average molecular weight is 826 g/mol. The lowest BCUT2D eigenvalue weighted by Gasteiger charge is -2.62. The smallest absolute Gasteiger partial charge is 0.329 e. The van der Waals surface area contributed by atoms with E-state index in [9.17, 15) is 49.3 Å². The number of hydrogen-bond donors (Lipinski definition) is 2. The highest BCUT2D eigenvalue weighted by Crippen LogP contribution is 2.72. The van der Waals surface area contributed by atoms with E-state index in [-0.39, 0.29) is 64.1 Å². The Morgan fingerprint density at radius 1 is 0.983 bits per heavy atom. The number of carbonyl (C=O) groups excluding carboxylic acids is 5. The van der Waals surface area contributed by atoms with Gasteiger partial charge in [0.15, 0.2) is 29.4 Å². The molecule has 5 aliphatic rings. The van der Waals surface area contributed by atoms with E-state index in [1.165, 1.54) is 18.2 Å². The molecule has 4 fully saturated rings. The number of ketones is 2. The highest BCUT2D eigenvalue weighted by Gasteiger charge is 2.80. The first-order valence-corrected chi connectivity index (χ1v) is 19.6. The molecule has 1 aliphatic heterocycles. The lowest BCUT2D eigenvalue weighted by Crippen LogP contribution is -2.70. The van der Waals surface area contributed by atoms with Gasteiger partial charge in [0.25, 0.3) is 10.2 Å². The number of aliphatic hydroxyl groups is 1. The lowest BCUT2D eigenvalue weighted by molar-refractivity contribution is -0.757. The summed E-state index contributed by atoms with van der Waals surface area (Å²) in [6, 6.07) is -1.55. The maximum atomic E-state index is 17.7. The fourth-order valence-electron chi connectivity index (χ4n) is 10.1. The van der Waals surface area contributed by atoms with Crippen LogP contribution in [0.2, 0.25) is 0 Å². The number of Topliss-reactive ketones (excluding diaryl/α,β-unsaturated/α-hetero) is 1. The van der Waals surface area contributed by atoms with Crippen LogP contribution in [-0.4, -0.2) is 106 Å². The van der Waals surface area contributed by atoms with Crippen molar-refractivity contribution in [3.05, 3.63) is 44.0 Å². The van der Waals surface area contributed by atoms with Gasteiger partial charge in [-0.2, -0.15) is 0 Å². The average Bonchev–Trinajstić information content (AvgIpc) is 3.55. The number of aliphatic hydroxyl groups excluding tert-OH is 1. The molecule has 2 N–H and O–H groups in total. The Balaban J connectivity index is 1.27. The minimum absolute atomic E-state index is 0.108. The molecular weight excluding hydrogens is 773 g/mol. The third-order valence-electron chi connectivity index (χ3n) is 12.6. The van der Waals surface area contributed by atoms with Crippen LogP contribution in [0, 0.1) is 42.9 Å². The number of esters is 2. The van der Waals surface area contributed by atoms with Gasteiger partial charge in [-0.05, 0) is 90.2 Å². The molecule has 1 amide bonds. The fourth-order valence-corrected chi connectivity index (χ4v) is 10.1. The predicted octanol–water partition coefficient (Wildman–Crippen LogP) is 3.15. The number of alkyl halides is 1. The summed E-state index contributed by atoms with van der Waals surface area (Å²) < 4.78 is 41.2. The molecule has 5 rings (SSSR count). The first-order chi connectivity index (χ1) is 27.2. The molecule has 0 bridgehead atoms. The van der Waals surface area contributed by atoms with Crippen LogP contribution in [0.3, 0.4) is 0 Å². The zero-order valence-corrected chi connectivity index (χ0v) is 33.1. The Kier molecular flexibility index (Phi) is 13.3. The van der Waals surface area contributed by atoms with Crippen molar-refractivity contribution in [1.29, 1.82) is 0 Å². The van der Waals surface area contributed by atoms with Gasteiger partial charge in [0.05, 0.1) is 38.4 Å². The summed E-state index contributed by atoms with van der Waals surface area (Å²) >= 11 is 0. The van der Waals surface area contributed by atoms with Crippen molar-refractivity contribution in [2.24, 2.45) is 22.7 Å². The Bertz CT molecular complexity index is 1720. The topological polar surface area (TPSA) is 259 Å². The Hall–Kier alpha value is -4.56. The van der Waals surface area contributed by atoms with Crippen LogP contribution < -0.4 is 5.32 Å². The summed E-state index contributed by atoms with van der Waals surface area (Å²) in [6.45, 7) is 5.24. The van der Waals surface area contributed by atoms with E-state index in [2.05, 4.69) is 15.0 Å². The van der Waals surface area contributed by atoms with Crippen molar-refractivity contribution in [2.75, 3.05) is 26.4 Å². The number of nitrogens with one attached hydrogen (secondary N) is 1. The number of nitrogens with zero attached hydrogens (tertiary/aromatic N) is 2. The maximum absolute atomic E-state index is 17.7. The number of rotatable bonds is 20. The summed E-state index contributed by atoms with van der Waals surface area (Å²) in [5.74, 6) is -6.18. The summed E-state index contributed by atoms with van der Waals surface area (Å²) in [4.78, 5) is 95.0. The third-order valence-corrected chi connectivity index (χ3v) is 12.6. The second-order valence-electron chi connectivity index (χ2n) is 16.6. The molecule has 1 saturated heterocycles. The van der Waals surface area contributed by atoms with Crippen molar-refractivity contribution >= 4 is 29.4 Å². The Morgan fingerprint density at radius 3 is 2.31 bits per heavy atom. The molecule has 0 aromatic heterocycles. The number of unbranched alkanes of at least 4 members (excludes halogenated alkanes) is 3. The fraction of sp³-hybridized carbons (Fsp3) is 0.763. The largest absolute Gasteiger partial charge is 0.464 e. The van der Waals surface area contributed by atoms with E-state index >= 15 is 4.39 Å². The number of carbonyl (C=O) groups is 5. The number of ether oxygens (including phenoxy) is 4. The van der Waals surface area contributed by atoms with E-state index in [1.54, 1.807) is 27.7 Å². The van der Waals surface area contributed by atoms with E-state index in [4.69, 9.17) is 18.9 Å². The SMILES string of the molecule is CC1(C)O[C@@H]2C[C@H]3[C@@H]4CCC5=CC(=O)C=C[C@]5(C)[C@@]4(F)[C@@H](O)C[C@]3(C)[C@]2(C(=O)COC(=O)CC(NC(=O)CCCCCO[N+](=O)[O-])C(=O)OCCCCO[N+](=O)[O-])O1. The second-order valence-corrected chi connectivity index (χ2v) is 16.6. The lowest BCUT2D eigenvalue weighted by atomic mass is 9.44. The van der Waals surface area contributed by atoms with Gasteiger partial charge >= 0.3 is 11.9 Å². The minimum Gasteiger partial charge on any atom is -0.464 e. The number of halogens is 1. The number of hydrogen-bond acceptors (Lipinski definition) is 16. The highest BCUT2D eigenvalue weighted by atomic mass is 19.1. The van der Waals surface area contributed by atoms with Crippen LogP contribution in [0.1, 0.15) is 98.3 Å². The van der Waals surface area contributed by atoms with Gasteiger partial charge in [0.1, 0.15) is 6.04 Å². The third kappa shape index (κ3) is 8.59. The quantitative estimate of drug-likeness (QED) is 0.0773. The zero-order valence-electron chi connectivity index (χ0n) is 33.1.